The number of benzene rings is 1. The molecule has 0 unspecified atom stereocenters. The third-order valence-electron chi connectivity index (χ3n) is 2.58. The number of hydrogen-bond donors (Lipinski definition) is 0. The Kier molecular flexibility index (Phi) is 3.77. The number of rotatable bonds is 2. The van der Waals surface area contributed by atoms with Crippen LogP contribution in [0, 0.1) is 0 Å². The monoisotopic (exact) mass is 304 g/mol. The number of carbonyl (C=O) groups is 1. The van der Waals surface area contributed by atoms with Gasteiger partial charge in [-0.3, -0.25) is 9.78 Å². The minimum absolute atomic E-state index is 0.00826. The van der Waals surface area contributed by atoms with E-state index in [1.807, 2.05) is 30.3 Å². The molecule has 0 radical (unpaired) electrons. The minimum Gasteiger partial charge on any atom is -0.345 e. The SMILES string of the molecule is CN(C)C(=O)c1ccc(-c2cncc(Br)c2)cc1. The highest BCUT2D eigenvalue weighted by molar-refractivity contribution is 9.10. The number of halogens is 1. The average molecular weight is 305 g/mol. The van der Waals surface area contributed by atoms with Crippen LogP contribution in [-0.4, -0.2) is 29.9 Å². The van der Waals surface area contributed by atoms with Crippen molar-refractivity contribution in [2.75, 3.05) is 14.1 Å². The lowest BCUT2D eigenvalue weighted by atomic mass is 10.1. The molecule has 18 heavy (non-hydrogen) atoms. The van der Waals surface area contributed by atoms with Crippen molar-refractivity contribution in [3.8, 4) is 11.1 Å². The van der Waals surface area contributed by atoms with Crippen LogP contribution in [0.1, 0.15) is 10.4 Å². The van der Waals surface area contributed by atoms with E-state index < -0.39 is 0 Å². The number of carbonyl (C=O) groups excluding carboxylic acids is 1. The fourth-order valence-electron chi connectivity index (χ4n) is 1.63. The lowest BCUT2D eigenvalue weighted by molar-refractivity contribution is 0.0827. The standard InChI is InChI=1S/C14H13BrN2O/c1-17(2)14(18)11-5-3-10(4-6-11)12-7-13(15)9-16-8-12/h3-9H,1-2H3. The van der Waals surface area contributed by atoms with Crippen molar-refractivity contribution in [1.82, 2.24) is 9.88 Å². The van der Waals surface area contributed by atoms with E-state index in [0.717, 1.165) is 15.6 Å². The summed E-state index contributed by atoms with van der Waals surface area (Å²) in [5.41, 5.74) is 2.75. The second kappa shape index (κ2) is 5.31. The molecular formula is C14H13BrN2O. The van der Waals surface area contributed by atoms with E-state index in [4.69, 9.17) is 0 Å². The van der Waals surface area contributed by atoms with Crippen molar-refractivity contribution in [2.24, 2.45) is 0 Å². The zero-order valence-corrected chi connectivity index (χ0v) is 11.8. The smallest absolute Gasteiger partial charge is 0.253 e. The maximum Gasteiger partial charge on any atom is 0.253 e. The number of pyridine rings is 1. The number of amides is 1. The molecule has 0 saturated carbocycles. The van der Waals surface area contributed by atoms with Crippen LogP contribution in [0.5, 0.6) is 0 Å². The summed E-state index contributed by atoms with van der Waals surface area (Å²) in [6.45, 7) is 0. The predicted octanol–water partition coefficient (Wildman–Crippen LogP) is 3.21. The highest BCUT2D eigenvalue weighted by Gasteiger charge is 2.07. The molecule has 2 rings (SSSR count). The minimum atomic E-state index is 0.00826. The van der Waals surface area contributed by atoms with Crippen LogP contribution in [0.3, 0.4) is 0 Å². The summed E-state index contributed by atoms with van der Waals surface area (Å²) in [6, 6.07) is 9.52. The van der Waals surface area contributed by atoms with Crippen LogP contribution in [0.15, 0.2) is 47.2 Å². The lowest BCUT2D eigenvalue weighted by Crippen LogP contribution is -2.21. The highest BCUT2D eigenvalue weighted by Crippen LogP contribution is 2.22. The number of aromatic nitrogens is 1. The molecule has 0 aliphatic rings. The van der Waals surface area contributed by atoms with Crippen molar-refractivity contribution in [3.63, 3.8) is 0 Å². The maximum atomic E-state index is 11.8. The van der Waals surface area contributed by atoms with Gasteiger partial charge < -0.3 is 4.90 Å². The quantitative estimate of drug-likeness (QED) is 0.853. The normalized spacial score (nSPS) is 10.2. The third-order valence-corrected chi connectivity index (χ3v) is 3.01. The Balaban J connectivity index is 2.30. The molecule has 0 aliphatic heterocycles. The van der Waals surface area contributed by atoms with Crippen molar-refractivity contribution in [2.45, 2.75) is 0 Å². The van der Waals surface area contributed by atoms with Gasteiger partial charge in [-0.25, -0.2) is 0 Å². The fraction of sp³-hybridized carbons (Fsp3) is 0.143. The van der Waals surface area contributed by atoms with E-state index in [1.165, 1.54) is 0 Å². The zero-order valence-electron chi connectivity index (χ0n) is 10.2. The van der Waals surface area contributed by atoms with E-state index in [-0.39, 0.29) is 5.91 Å². The molecule has 92 valence electrons. The van der Waals surface area contributed by atoms with E-state index in [2.05, 4.69) is 20.9 Å². The molecule has 1 amide bonds. The summed E-state index contributed by atoms with van der Waals surface area (Å²) >= 11 is 3.39. The molecule has 0 N–H and O–H groups in total. The summed E-state index contributed by atoms with van der Waals surface area (Å²) in [7, 11) is 3.49. The molecule has 0 saturated heterocycles. The van der Waals surface area contributed by atoms with Crippen LogP contribution >= 0.6 is 15.9 Å². The van der Waals surface area contributed by atoms with Gasteiger partial charge in [-0.1, -0.05) is 12.1 Å². The molecule has 1 heterocycles. The molecule has 0 spiro atoms. The Labute approximate surface area is 115 Å². The van der Waals surface area contributed by atoms with Crippen LogP contribution in [0.25, 0.3) is 11.1 Å². The van der Waals surface area contributed by atoms with Crippen molar-refractivity contribution in [1.29, 1.82) is 0 Å². The van der Waals surface area contributed by atoms with E-state index in [9.17, 15) is 4.79 Å². The summed E-state index contributed by atoms with van der Waals surface area (Å²) < 4.78 is 0.938. The highest BCUT2D eigenvalue weighted by atomic mass is 79.9. The second-order valence-electron chi connectivity index (χ2n) is 4.17. The Morgan fingerprint density at radius 2 is 1.78 bits per heavy atom. The van der Waals surface area contributed by atoms with Crippen LogP contribution in [-0.2, 0) is 0 Å². The first-order valence-electron chi connectivity index (χ1n) is 5.50. The van der Waals surface area contributed by atoms with Gasteiger partial charge in [0.2, 0.25) is 0 Å². The number of hydrogen-bond acceptors (Lipinski definition) is 2. The lowest BCUT2D eigenvalue weighted by Gasteiger charge is -2.10. The Hall–Kier alpha value is -1.68. The van der Waals surface area contributed by atoms with Gasteiger partial charge in [-0.2, -0.15) is 0 Å². The van der Waals surface area contributed by atoms with Gasteiger partial charge in [-0.05, 0) is 39.7 Å². The molecule has 0 atom stereocenters. The molecule has 1 aromatic heterocycles. The van der Waals surface area contributed by atoms with E-state index in [0.29, 0.717) is 5.56 Å². The third kappa shape index (κ3) is 2.76. The Morgan fingerprint density at radius 3 is 2.33 bits per heavy atom. The molecule has 4 heteroatoms. The summed E-state index contributed by atoms with van der Waals surface area (Å²) in [4.78, 5) is 17.4. The second-order valence-corrected chi connectivity index (χ2v) is 5.08. The van der Waals surface area contributed by atoms with Gasteiger partial charge in [0.15, 0.2) is 0 Å². The Bertz CT molecular complexity index is 564. The van der Waals surface area contributed by atoms with Gasteiger partial charge in [0, 0.05) is 42.1 Å². The molecule has 0 bridgehead atoms. The summed E-state index contributed by atoms with van der Waals surface area (Å²) in [5.74, 6) is 0.00826. The average Bonchev–Trinajstić information content (AvgIpc) is 2.38. The molecular weight excluding hydrogens is 292 g/mol. The Morgan fingerprint density at radius 1 is 1.11 bits per heavy atom. The molecule has 3 nitrogen and oxygen atoms in total. The van der Waals surface area contributed by atoms with Crippen LogP contribution < -0.4 is 0 Å². The van der Waals surface area contributed by atoms with E-state index >= 15 is 0 Å². The molecule has 2 aromatic rings. The van der Waals surface area contributed by atoms with Crippen LogP contribution in [0.2, 0.25) is 0 Å². The first-order valence-corrected chi connectivity index (χ1v) is 6.30. The van der Waals surface area contributed by atoms with Crippen molar-refractivity contribution < 1.29 is 4.79 Å². The largest absolute Gasteiger partial charge is 0.345 e. The predicted molar refractivity (Wildman–Crippen MR) is 75.4 cm³/mol. The molecule has 0 aliphatic carbocycles. The zero-order chi connectivity index (χ0) is 13.1. The van der Waals surface area contributed by atoms with Gasteiger partial charge in [0.25, 0.3) is 5.91 Å². The van der Waals surface area contributed by atoms with E-state index in [1.54, 1.807) is 31.4 Å². The van der Waals surface area contributed by atoms with Gasteiger partial charge in [0.05, 0.1) is 0 Å². The fourth-order valence-corrected chi connectivity index (χ4v) is 2.00. The summed E-state index contributed by atoms with van der Waals surface area (Å²) in [5, 5.41) is 0. The molecule has 1 aromatic carbocycles. The van der Waals surface area contributed by atoms with Gasteiger partial charge in [0.1, 0.15) is 0 Å². The van der Waals surface area contributed by atoms with Crippen LogP contribution in [0.4, 0.5) is 0 Å². The number of nitrogens with zero attached hydrogens (tertiary/aromatic N) is 2. The maximum absolute atomic E-state index is 11.8. The van der Waals surface area contributed by atoms with Gasteiger partial charge >= 0.3 is 0 Å². The first kappa shape index (κ1) is 12.8. The van der Waals surface area contributed by atoms with Crippen molar-refractivity contribution in [3.05, 3.63) is 52.8 Å². The molecule has 0 fully saturated rings. The van der Waals surface area contributed by atoms with Crippen molar-refractivity contribution >= 4 is 21.8 Å². The summed E-state index contributed by atoms with van der Waals surface area (Å²) in [6.07, 6.45) is 3.54. The topological polar surface area (TPSA) is 33.2 Å². The first-order chi connectivity index (χ1) is 8.58. The van der Waals surface area contributed by atoms with Gasteiger partial charge in [-0.15, -0.1) is 0 Å².